The van der Waals surface area contributed by atoms with Crippen LogP contribution in [-0.4, -0.2) is 47.7 Å². The summed E-state index contributed by atoms with van der Waals surface area (Å²) in [6.45, 7) is 5.09. The summed E-state index contributed by atoms with van der Waals surface area (Å²) in [5, 5.41) is 6.03. The second-order valence-corrected chi connectivity index (χ2v) is 6.68. The number of amides is 2. The summed E-state index contributed by atoms with van der Waals surface area (Å²) in [6.07, 6.45) is 8.11. The van der Waals surface area contributed by atoms with Crippen LogP contribution in [0.1, 0.15) is 44.6 Å². The summed E-state index contributed by atoms with van der Waals surface area (Å²) in [5.41, 5.74) is 0.989. The Bertz CT molecular complexity index is 546. The van der Waals surface area contributed by atoms with Crippen LogP contribution in [0, 0.1) is 0 Å². The van der Waals surface area contributed by atoms with E-state index < -0.39 is 0 Å². The van der Waals surface area contributed by atoms with Gasteiger partial charge in [-0.05, 0) is 37.8 Å². The highest BCUT2D eigenvalue weighted by Gasteiger charge is 2.30. The van der Waals surface area contributed by atoms with E-state index in [-0.39, 0.29) is 12.1 Å². The summed E-state index contributed by atoms with van der Waals surface area (Å²) >= 11 is 0. The Hall–Kier alpha value is -1.82. The molecule has 6 heteroatoms. The van der Waals surface area contributed by atoms with Gasteiger partial charge in [-0.15, -0.1) is 0 Å². The van der Waals surface area contributed by atoms with Crippen LogP contribution in [0.4, 0.5) is 4.79 Å². The number of nitrogens with zero attached hydrogens (tertiary/aromatic N) is 2. The normalized spacial score (nSPS) is 21.8. The average Bonchev–Trinajstić information content (AvgIpc) is 3.25. The quantitative estimate of drug-likeness (QED) is 0.839. The van der Waals surface area contributed by atoms with Gasteiger partial charge in [0.1, 0.15) is 0 Å². The monoisotopic (exact) mass is 332 g/mol. The number of ether oxygens (including phenoxy) is 1. The highest BCUT2D eigenvalue weighted by molar-refractivity contribution is 5.74. The van der Waals surface area contributed by atoms with Gasteiger partial charge in [0.15, 0.2) is 0 Å². The van der Waals surface area contributed by atoms with Gasteiger partial charge in [-0.2, -0.15) is 0 Å². The Morgan fingerprint density at radius 2 is 2.21 bits per heavy atom. The standard InChI is InChI=1S/C18H28N4O2/c1-2-24-17-11-14(7-9-19-17)12-20-18(23)21-15-8-10-22(13-15)16-5-3-4-6-16/h7,9,11,15-16H,2-6,8,10,12-13H2,1H3,(H2,20,21,23)/t15-/m0/s1. The molecule has 0 radical (unpaired) electrons. The predicted molar refractivity (Wildman–Crippen MR) is 93.0 cm³/mol. The van der Waals surface area contributed by atoms with Crippen molar-refractivity contribution >= 4 is 6.03 Å². The van der Waals surface area contributed by atoms with Crippen LogP contribution in [0.15, 0.2) is 18.3 Å². The van der Waals surface area contributed by atoms with Crippen LogP contribution in [0.3, 0.4) is 0 Å². The molecule has 3 rings (SSSR count). The molecule has 1 aliphatic carbocycles. The molecule has 1 aromatic heterocycles. The Morgan fingerprint density at radius 1 is 1.38 bits per heavy atom. The molecule has 1 aromatic rings. The highest BCUT2D eigenvalue weighted by atomic mass is 16.5. The lowest BCUT2D eigenvalue weighted by Crippen LogP contribution is -2.43. The maximum Gasteiger partial charge on any atom is 0.315 e. The molecule has 1 saturated heterocycles. The van der Waals surface area contributed by atoms with Crippen LogP contribution in [0.25, 0.3) is 0 Å². The summed E-state index contributed by atoms with van der Waals surface area (Å²) in [4.78, 5) is 18.8. The first-order valence-corrected chi connectivity index (χ1v) is 9.10. The fraction of sp³-hybridized carbons (Fsp3) is 0.667. The lowest BCUT2D eigenvalue weighted by Gasteiger charge is -2.23. The minimum Gasteiger partial charge on any atom is -0.478 e. The van der Waals surface area contributed by atoms with E-state index in [2.05, 4.69) is 20.5 Å². The molecule has 6 nitrogen and oxygen atoms in total. The smallest absolute Gasteiger partial charge is 0.315 e. The Labute approximate surface area is 144 Å². The topological polar surface area (TPSA) is 66.5 Å². The molecule has 0 unspecified atom stereocenters. The number of hydrogen-bond acceptors (Lipinski definition) is 4. The van der Waals surface area contributed by atoms with Crippen molar-refractivity contribution in [1.82, 2.24) is 20.5 Å². The van der Waals surface area contributed by atoms with Gasteiger partial charge >= 0.3 is 6.03 Å². The van der Waals surface area contributed by atoms with Crippen molar-refractivity contribution in [3.63, 3.8) is 0 Å². The maximum absolute atomic E-state index is 12.1. The van der Waals surface area contributed by atoms with Crippen molar-refractivity contribution in [3.05, 3.63) is 23.9 Å². The predicted octanol–water partition coefficient (Wildman–Crippen LogP) is 2.30. The van der Waals surface area contributed by atoms with Crippen LogP contribution in [0.2, 0.25) is 0 Å². The number of urea groups is 1. The molecular formula is C18H28N4O2. The third-order valence-electron chi connectivity index (χ3n) is 4.94. The van der Waals surface area contributed by atoms with E-state index in [1.54, 1.807) is 6.20 Å². The number of carbonyl (C=O) groups excluding carboxylic acids is 1. The van der Waals surface area contributed by atoms with Gasteiger partial charge in [0.25, 0.3) is 0 Å². The van der Waals surface area contributed by atoms with Crippen molar-refractivity contribution in [2.24, 2.45) is 0 Å². The molecular weight excluding hydrogens is 304 g/mol. The van der Waals surface area contributed by atoms with Gasteiger partial charge in [0, 0.05) is 44.0 Å². The number of hydrogen-bond donors (Lipinski definition) is 2. The molecule has 2 N–H and O–H groups in total. The Kier molecular flexibility index (Phi) is 5.91. The van der Waals surface area contributed by atoms with E-state index in [0.717, 1.165) is 31.1 Å². The van der Waals surface area contributed by atoms with Crippen LogP contribution < -0.4 is 15.4 Å². The van der Waals surface area contributed by atoms with Crippen LogP contribution in [-0.2, 0) is 6.54 Å². The van der Waals surface area contributed by atoms with E-state index in [4.69, 9.17) is 4.74 Å². The first kappa shape index (κ1) is 17.0. The molecule has 1 atom stereocenters. The van der Waals surface area contributed by atoms with E-state index in [9.17, 15) is 4.79 Å². The van der Waals surface area contributed by atoms with Gasteiger partial charge in [0.05, 0.1) is 6.61 Å². The zero-order valence-electron chi connectivity index (χ0n) is 14.5. The van der Waals surface area contributed by atoms with E-state index >= 15 is 0 Å². The molecule has 2 heterocycles. The van der Waals surface area contributed by atoms with Crippen LogP contribution >= 0.6 is 0 Å². The van der Waals surface area contributed by atoms with Crippen molar-refractivity contribution in [2.45, 2.75) is 57.7 Å². The van der Waals surface area contributed by atoms with Gasteiger partial charge in [-0.1, -0.05) is 12.8 Å². The summed E-state index contributed by atoms with van der Waals surface area (Å²) in [5.74, 6) is 0.597. The third kappa shape index (κ3) is 4.60. The summed E-state index contributed by atoms with van der Waals surface area (Å²) in [7, 11) is 0. The van der Waals surface area contributed by atoms with Crippen molar-refractivity contribution in [3.8, 4) is 5.88 Å². The molecule has 2 fully saturated rings. The fourth-order valence-corrected chi connectivity index (χ4v) is 3.71. The molecule has 1 aliphatic heterocycles. The zero-order valence-corrected chi connectivity index (χ0v) is 14.5. The lowest BCUT2D eigenvalue weighted by atomic mass is 10.2. The minimum atomic E-state index is -0.0944. The molecule has 2 aliphatic rings. The van der Waals surface area contributed by atoms with Crippen molar-refractivity contribution in [1.29, 1.82) is 0 Å². The van der Waals surface area contributed by atoms with E-state index in [1.807, 2.05) is 19.1 Å². The number of nitrogens with one attached hydrogen (secondary N) is 2. The van der Waals surface area contributed by atoms with Crippen molar-refractivity contribution in [2.75, 3.05) is 19.7 Å². The Balaban J connectivity index is 1.40. The van der Waals surface area contributed by atoms with E-state index in [1.165, 1.54) is 25.7 Å². The second-order valence-electron chi connectivity index (χ2n) is 6.68. The van der Waals surface area contributed by atoms with E-state index in [0.29, 0.717) is 19.0 Å². The van der Waals surface area contributed by atoms with Crippen molar-refractivity contribution < 1.29 is 9.53 Å². The molecule has 24 heavy (non-hydrogen) atoms. The zero-order chi connectivity index (χ0) is 16.8. The largest absolute Gasteiger partial charge is 0.478 e. The summed E-state index contributed by atoms with van der Waals surface area (Å²) in [6, 6.07) is 4.67. The third-order valence-corrected chi connectivity index (χ3v) is 4.94. The molecule has 0 bridgehead atoms. The number of pyridine rings is 1. The van der Waals surface area contributed by atoms with Gasteiger partial charge < -0.3 is 15.4 Å². The van der Waals surface area contributed by atoms with Gasteiger partial charge in [0.2, 0.25) is 5.88 Å². The first-order chi connectivity index (χ1) is 11.7. The van der Waals surface area contributed by atoms with Crippen LogP contribution in [0.5, 0.6) is 5.88 Å². The summed E-state index contributed by atoms with van der Waals surface area (Å²) < 4.78 is 5.38. The molecule has 1 saturated carbocycles. The number of rotatable bonds is 6. The number of carbonyl (C=O) groups is 1. The average molecular weight is 332 g/mol. The first-order valence-electron chi connectivity index (χ1n) is 9.10. The maximum atomic E-state index is 12.1. The SMILES string of the molecule is CCOc1cc(CNC(=O)N[C@H]2CCN(C3CCCC3)C2)ccn1. The highest BCUT2D eigenvalue weighted by Crippen LogP contribution is 2.26. The van der Waals surface area contributed by atoms with Gasteiger partial charge in [-0.25, -0.2) is 9.78 Å². The minimum absolute atomic E-state index is 0.0944. The second kappa shape index (κ2) is 8.33. The molecule has 132 valence electrons. The number of aromatic nitrogens is 1. The fourth-order valence-electron chi connectivity index (χ4n) is 3.71. The molecule has 2 amide bonds. The lowest BCUT2D eigenvalue weighted by molar-refractivity contribution is 0.227. The molecule has 0 spiro atoms. The number of likely N-dealkylation sites (tertiary alicyclic amines) is 1. The Morgan fingerprint density at radius 3 is 3.00 bits per heavy atom. The molecule has 0 aromatic carbocycles. The van der Waals surface area contributed by atoms with Gasteiger partial charge in [-0.3, -0.25) is 4.90 Å².